The van der Waals surface area contributed by atoms with Crippen LogP contribution in [0.2, 0.25) is 5.02 Å². The van der Waals surface area contributed by atoms with Gasteiger partial charge in [0.2, 0.25) is 5.91 Å². The van der Waals surface area contributed by atoms with Crippen LogP contribution in [-0.2, 0) is 4.79 Å². The van der Waals surface area contributed by atoms with Gasteiger partial charge in [-0.2, -0.15) is 0 Å². The van der Waals surface area contributed by atoms with Gasteiger partial charge < -0.3 is 15.1 Å². The number of carbonyl (C=O) groups excluding carboxylic acids is 4. The molecule has 0 aliphatic carbocycles. The van der Waals surface area contributed by atoms with E-state index in [1.54, 1.807) is 42.5 Å². The van der Waals surface area contributed by atoms with Crippen LogP contribution >= 0.6 is 11.6 Å². The quantitative estimate of drug-likeness (QED) is 0.523. The molecule has 4 rings (SSSR count). The predicted octanol–water partition coefficient (Wildman–Crippen LogP) is 4.20. The zero-order chi connectivity index (χ0) is 22.7. The SMILES string of the molecule is O=C(CCCN1C(=O)c2ccccc2C1=O)Nc1ccc(Cl)cc1NC(=O)c1ccco1. The number of nitrogens with one attached hydrogen (secondary N) is 2. The van der Waals surface area contributed by atoms with E-state index >= 15 is 0 Å². The second-order valence-electron chi connectivity index (χ2n) is 7.08. The third kappa shape index (κ3) is 4.40. The Bertz CT molecular complexity index is 1170. The molecule has 0 radical (unpaired) electrons. The molecule has 1 aromatic heterocycles. The van der Waals surface area contributed by atoms with E-state index in [4.69, 9.17) is 16.0 Å². The van der Waals surface area contributed by atoms with Crippen LogP contribution in [0.4, 0.5) is 11.4 Å². The van der Waals surface area contributed by atoms with Crippen molar-refractivity contribution in [3.8, 4) is 0 Å². The molecule has 0 spiro atoms. The summed E-state index contributed by atoms with van der Waals surface area (Å²) in [6, 6.07) is 14.4. The highest BCUT2D eigenvalue weighted by Gasteiger charge is 2.34. The van der Waals surface area contributed by atoms with Gasteiger partial charge in [0.15, 0.2) is 5.76 Å². The first-order chi connectivity index (χ1) is 15.4. The molecule has 1 aliphatic heterocycles. The molecule has 8 nitrogen and oxygen atoms in total. The van der Waals surface area contributed by atoms with Gasteiger partial charge in [-0.15, -0.1) is 0 Å². The summed E-state index contributed by atoms with van der Waals surface area (Å²) in [6.45, 7) is 0.127. The molecule has 2 aromatic carbocycles. The standard InChI is InChI=1S/C23H18ClN3O5/c24-14-9-10-17(18(13-14)26-21(29)19-7-4-12-32-19)25-20(28)8-3-11-27-22(30)15-5-1-2-6-16(15)23(27)31/h1-2,4-7,9-10,12-13H,3,8,11H2,(H,25,28)(H,26,29). The lowest BCUT2D eigenvalue weighted by Crippen LogP contribution is -2.31. The number of fused-ring (bicyclic) bond motifs is 1. The number of carbonyl (C=O) groups is 4. The van der Waals surface area contributed by atoms with Crippen molar-refractivity contribution in [1.82, 2.24) is 4.90 Å². The summed E-state index contributed by atoms with van der Waals surface area (Å²) in [6.07, 6.45) is 1.74. The van der Waals surface area contributed by atoms with Crippen LogP contribution in [0.1, 0.15) is 44.1 Å². The summed E-state index contributed by atoms with van der Waals surface area (Å²) >= 11 is 6.03. The van der Waals surface area contributed by atoms with E-state index in [9.17, 15) is 19.2 Å². The van der Waals surface area contributed by atoms with Gasteiger partial charge in [-0.05, 0) is 48.9 Å². The molecule has 0 unspecified atom stereocenters. The number of nitrogens with zero attached hydrogens (tertiary/aromatic N) is 1. The minimum Gasteiger partial charge on any atom is -0.459 e. The molecule has 32 heavy (non-hydrogen) atoms. The fourth-order valence-electron chi connectivity index (χ4n) is 3.37. The van der Waals surface area contributed by atoms with Crippen molar-refractivity contribution in [3.63, 3.8) is 0 Å². The van der Waals surface area contributed by atoms with Gasteiger partial charge in [-0.1, -0.05) is 23.7 Å². The summed E-state index contributed by atoms with van der Waals surface area (Å²) in [5, 5.41) is 5.75. The van der Waals surface area contributed by atoms with Crippen molar-refractivity contribution in [2.24, 2.45) is 0 Å². The fourth-order valence-corrected chi connectivity index (χ4v) is 3.55. The Morgan fingerprint density at radius 2 is 1.62 bits per heavy atom. The lowest BCUT2D eigenvalue weighted by molar-refractivity contribution is -0.116. The highest BCUT2D eigenvalue weighted by molar-refractivity contribution is 6.31. The van der Waals surface area contributed by atoms with E-state index in [0.717, 1.165) is 4.90 Å². The van der Waals surface area contributed by atoms with Gasteiger partial charge in [0, 0.05) is 18.0 Å². The molecule has 0 bridgehead atoms. The Balaban J connectivity index is 1.35. The number of benzene rings is 2. The van der Waals surface area contributed by atoms with Crippen LogP contribution in [0.5, 0.6) is 0 Å². The number of anilines is 2. The Morgan fingerprint density at radius 3 is 2.28 bits per heavy atom. The van der Waals surface area contributed by atoms with E-state index in [1.165, 1.54) is 18.4 Å². The molecular weight excluding hydrogens is 434 g/mol. The van der Waals surface area contributed by atoms with Gasteiger partial charge in [0.1, 0.15) is 0 Å². The van der Waals surface area contributed by atoms with E-state index in [-0.39, 0.29) is 36.4 Å². The monoisotopic (exact) mass is 451 g/mol. The van der Waals surface area contributed by atoms with E-state index in [0.29, 0.717) is 33.9 Å². The largest absolute Gasteiger partial charge is 0.459 e. The van der Waals surface area contributed by atoms with E-state index in [1.807, 2.05) is 0 Å². The van der Waals surface area contributed by atoms with Crippen molar-refractivity contribution >= 4 is 46.6 Å². The number of amides is 4. The molecule has 3 aromatic rings. The molecular formula is C23H18ClN3O5. The molecule has 2 N–H and O–H groups in total. The first-order valence-corrected chi connectivity index (χ1v) is 10.2. The van der Waals surface area contributed by atoms with Crippen LogP contribution in [0, 0.1) is 0 Å². The van der Waals surface area contributed by atoms with Gasteiger partial charge in [0.25, 0.3) is 17.7 Å². The van der Waals surface area contributed by atoms with E-state index in [2.05, 4.69) is 10.6 Å². The van der Waals surface area contributed by atoms with Crippen LogP contribution in [-0.4, -0.2) is 35.1 Å². The Hall–Kier alpha value is -3.91. The average molecular weight is 452 g/mol. The fraction of sp³-hybridized carbons (Fsp3) is 0.130. The van der Waals surface area contributed by atoms with Crippen LogP contribution in [0.15, 0.2) is 65.3 Å². The number of hydrogen-bond donors (Lipinski definition) is 2. The Labute approximate surface area is 188 Å². The zero-order valence-corrected chi connectivity index (χ0v) is 17.5. The summed E-state index contributed by atoms with van der Waals surface area (Å²) in [5.41, 5.74) is 1.42. The molecule has 0 fully saturated rings. The molecule has 9 heteroatoms. The summed E-state index contributed by atoms with van der Waals surface area (Å²) in [5.74, 6) is -1.42. The first kappa shape index (κ1) is 21.3. The molecule has 0 atom stereocenters. The Kier molecular flexibility index (Phi) is 6.04. The summed E-state index contributed by atoms with van der Waals surface area (Å²) in [7, 11) is 0. The number of halogens is 1. The number of furan rings is 1. The van der Waals surface area contributed by atoms with Gasteiger partial charge in [0.05, 0.1) is 28.8 Å². The minimum absolute atomic E-state index is 0.0710. The van der Waals surface area contributed by atoms with Gasteiger partial charge in [-0.25, -0.2) is 0 Å². The van der Waals surface area contributed by atoms with Crippen molar-refractivity contribution in [3.05, 3.63) is 82.8 Å². The zero-order valence-electron chi connectivity index (χ0n) is 16.8. The van der Waals surface area contributed by atoms with Crippen molar-refractivity contribution in [2.75, 3.05) is 17.2 Å². The maximum Gasteiger partial charge on any atom is 0.291 e. The first-order valence-electron chi connectivity index (χ1n) is 9.83. The molecule has 0 saturated carbocycles. The predicted molar refractivity (Wildman–Crippen MR) is 118 cm³/mol. The average Bonchev–Trinajstić information content (AvgIpc) is 3.40. The molecule has 2 heterocycles. The van der Waals surface area contributed by atoms with Crippen molar-refractivity contribution < 1.29 is 23.6 Å². The third-order valence-electron chi connectivity index (χ3n) is 4.91. The lowest BCUT2D eigenvalue weighted by Gasteiger charge is -2.14. The maximum atomic E-state index is 12.5. The smallest absolute Gasteiger partial charge is 0.291 e. The molecule has 0 saturated heterocycles. The maximum absolute atomic E-state index is 12.5. The molecule has 4 amide bonds. The molecule has 162 valence electrons. The normalized spacial score (nSPS) is 12.6. The van der Waals surface area contributed by atoms with Crippen LogP contribution in [0.3, 0.4) is 0 Å². The molecule has 1 aliphatic rings. The van der Waals surface area contributed by atoms with Gasteiger partial charge in [-0.3, -0.25) is 24.1 Å². The van der Waals surface area contributed by atoms with Crippen molar-refractivity contribution in [2.45, 2.75) is 12.8 Å². The van der Waals surface area contributed by atoms with Crippen LogP contribution < -0.4 is 10.6 Å². The summed E-state index contributed by atoms with van der Waals surface area (Å²) < 4.78 is 5.07. The summed E-state index contributed by atoms with van der Waals surface area (Å²) in [4.78, 5) is 50.7. The minimum atomic E-state index is -0.488. The number of rotatable bonds is 7. The topological polar surface area (TPSA) is 109 Å². The van der Waals surface area contributed by atoms with E-state index < -0.39 is 5.91 Å². The van der Waals surface area contributed by atoms with Gasteiger partial charge >= 0.3 is 0 Å². The highest BCUT2D eigenvalue weighted by Crippen LogP contribution is 2.27. The highest BCUT2D eigenvalue weighted by atomic mass is 35.5. The number of hydrogen-bond acceptors (Lipinski definition) is 5. The van der Waals surface area contributed by atoms with Crippen LogP contribution in [0.25, 0.3) is 0 Å². The Morgan fingerprint density at radius 1 is 0.906 bits per heavy atom. The second kappa shape index (κ2) is 9.07. The van der Waals surface area contributed by atoms with Crippen molar-refractivity contribution in [1.29, 1.82) is 0 Å². The third-order valence-corrected chi connectivity index (χ3v) is 5.15. The second-order valence-corrected chi connectivity index (χ2v) is 7.52. The lowest BCUT2D eigenvalue weighted by atomic mass is 10.1. The number of imide groups is 1.